The second-order valence-corrected chi connectivity index (χ2v) is 5.77. The van der Waals surface area contributed by atoms with Crippen LogP contribution in [0, 0.1) is 0 Å². The van der Waals surface area contributed by atoms with E-state index in [2.05, 4.69) is 52.9 Å². The molecule has 0 saturated carbocycles. The lowest BCUT2D eigenvalue weighted by molar-refractivity contribution is -0.893. The van der Waals surface area contributed by atoms with Gasteiger partial charge >= 0.3 is 0 Å². The molecule has 5 nitrogen and oxygen atoms in total. The number of nitrogens with one attached hydrogen (secondary N) is 1. The molecule has 116 valence electrons. The average molecular weight is 285 g/mol. The molecule has 0 aliphatic heterocycles. The summed E-state index contributed by atoms with van der Waals surface area (Å²) in [5.74, 6) is 0. The van der Waals surface area contributed by atoms with Crippen LogP contribution in [0.15, 0.2) is 18.7 Å². The van der Waals surface area contributed by atoms with E-state index in [0.717, 1.165) is 26.1 Å². The van der Waals surface area contributed by atoms with Crippen LogP contribution >= 0.6 is 0 Å². The summed E-state index contributed by atoms with van der Waals surface area (Å²) in [6.07, 6.45) is 10.3. The lowest BCUT2D eigenvalue weighted by atomic mass is 10.4. The summed E-state index contributed by atoms with van der Waals surface area (Å²) in [6, 6.07) is 0. The molecule has 5 heteroatoms. The number of imidazole rings is 1. The Bertz CT molecular complexity index is 337. The van der Waals surface area contributed by atoms with E-state index in [1.54, 1.807) is 4.90 Å². The summed E-state index contributed by atoms with van der Waals surface area (Å²) >= 11 is 0. The van der Waals surface area contributed by atoms with Crippen molar-refractivity contribution in [2.75, 3.05) is 39.8 Å². The van der Waals surface area contributed by atoms with Gasteiger partial charge in [-0.05, 0) is 6.42 Å². The Hall–Kier alpha value is -0.910. The van der Waals surface area contributed by atoms with Crippen molar-refractivity contribution in [3.05, 3.63) is 18.7 Å². The van der Waals surface area contributed by atoms with Crippen LogP contribution in [0.5, 0.6) is 0 Å². The molecule has 0 spiro atoms. The van der Waals surface area contributed by atoms with Crippen LogP contribution in [-0.2, 0) is 13.1 Å². The molecule has 0 fully saturated rings. The van der Waals surface area contributed by atoms with E-state index < -0.39 is 0 Å². The maximum Gasteiger partial charge on any atom is 0.243 e. The number of hydrogen-bond acceptors (Lipinski definition) is 0. The van der Waals surface area contributed by atoms with Crippen molar-refractivity contribution < 1.29 is 20.5 Å². The lowest BCUT2D eigenvalue weighted by Gasteiger charge is -2.11. The smallest absolute Gasteiger partial charge is 0.243 e. The highest BCUT2D eigenvalue weighted by Crippen LogP contribution is 1.87. The van der Waals surface area contributed by atoms with Crippen molar-refractivity contribution in [3.8, 4) is 0 Å². The first kappa shape index (κ1) is 17.1. The Labute approximate surface area is 123 Å². The van der Waals surface area contributed by atoms with Crippen LogP contribution in [0.25, 0.3) is 0 Å². The number of aromatic nitrogens is 2. The number of nitrogens with two attached hydrogens (primary N) is 1. The minimum Gasteiger partial charge on any atom is -0.357 e. The average Bonchev–Trinajstić information content (AvgIpc) is 2.88. The highest BCUT2D eigenvalue weighted by Gasteiger charge is 2.04. The Morgan fingerprint density at radius 3 is 2.85 bits per heavy atom. The van der Waals surface area contributed by atoms with Gasteiger partial charge in [0.25, 0.3) is 0 Å². The van der Waals surface area contributed by atoms with Gasteiger partial charge in [0.1, 0.15) is 25.5 Å². The molecule has 0 saturated heterocycles. The molecule has 0 radical (unpaired) electrons. The largest absolute Gasteiger partial charge is 0.357 e. The van der Waals surface area contributed by atoms with Crippen LogP contribution in [0.4, 0.5) is 0 Å². The van der Waals surface area contributed by atoms with Gasteiger partial charge in [-0.2, -0.15) is 0 Å². The molecule has 0 amide bonds. The maximum atomic E-state index is 3.88. The quantitative estimate of drug-likeness (QED) is 0.276. The van der Waals surface area contributed by atoms with Gasteiger partial charge in [-0.15, -0.1) is 0 Å². The Balaban J connectivity index is 2.02. The van der Waals surface area contributed by atoms with Gasteiger partial charge in [0.15, 0.2) is 0 Å². The van der Waals surface area contributed by atoms with Crippen LogP contribution in [0.2, 0.25) is 0 Å². The van der Waals surface area contributed by atoms with Crippen molar-refractivity contribution >= 4 is 0 Å². The molecular weight excluding hydrogens is 250 g/mol. The van der Waals surface area contributed by atoms with Gasteiger partial charge in [-0.3, -0.25) is 0 Å². The van der Waals surface area contributed by atoms with Crippen LogP contribution in [0.1, 0.15) is 26.2 Å². The molecule has 0 aromatic carbocycles. The third-order valence-corrected chi connectivity index (χ3v) is 3.69. The molecule has 1 rings (SSSR count). The predicted octanol–water partition coefficient (Wildman–Crippen LogP) is -2.71. The Morgan fingerprint density at radius 2 is 2.10 bits per heavy atom. The first-order valence-electron chi connectivity index (χ1n) is 8.23. The summed E-state index contributed by atoms with van der Waals surface area (Å²) in [6.45, 7) is 10.6. The van der Waals surface area contributed by atoms with E-state index >= 15 is 0 Å². The first-order valence-corrected chi connectivity index (χ1v) is 8.23. The summed E-state index contributed by atoms with van der Waals surface area (Å²) < 4.78 is 4.56. The molecule has 6 N–H and O–H groups in total. The van der Waals surface area contributed by atoms with Gasteiger partial charge in [-0.1, -0.05) is 6.92 Å². The van der Waals surface area contributed by atoms with Crippen molar-refractivity contribution in [2.24, 2.45) is 0 Å². The zero-order valence-corrected chi connectivity index (χ0v) is 13.5. The molecule has 1 unspecified atom stereocenters. The van der Waals surface area contributed by atoms with Gasteiger partial charge in [0, 0.05) is 12.8 Å². The van der Waals surface area contributed by atoms with E-state index in [9.17, 15) is 0 Å². The Kier molecular flexibility index (Phi) is 9.28. The zero-order valence-electron chi connectivity index (χ0n) is 13.5. The number of rotatable bonds is 12. The second kappa shape index (κ2) is 10.8. The SMILES string of the molecule is CCC[NH+](C)CC[NH2+]CCC[n+]1ccn(CCC[NH3+])c1. The number of aryl methyl sites for hydroxylation is 2. The van der Waals surface area contributed by atoms with Crippen molar-refractivity contribution in [3.63, 3.8) is 0 Å². The monoisotopic (exact) mass is 285 g/mol. The fraction of sp³-hybridized carbons (Fsp3) is 0.800. The molecule has 0 bridgehead atoms. The standard InChI is InChI=1S/C15H32N5/c1-3-9-18(2)12-8-17-7-5-11-20-14-13-19(15-20)10-4-6-16/h13-15,17H,3-12,16H2,1-2H3/q+1/p+3. The maximum absolute atomic E-state index is 3.88. The third kappa shape index (κ3) is 7.62. The fourth-order valence-electron chi connectivity index (χ4n) is 2.46. The van der Waals surface area contributed by atoms with Gasteiger partial charge < -0.3 is 16.0 Å². The highest BCUT2D eigenvalue weighted by atomic mass is 15.1. The third-order valence-electron chi connectivity index (χ3n) is 3.69. The highest BCUT2D eigenvalue weighted by molar-refractivity contribution is 4.65. The fourth-order valence-corrected chi connectivity index (χ4v) is 2.46. The van der Waals surface area contributed by atoms with Gasteiger partial charge in [-0.25, -0.2) is 9.13 Å². The van der Waals surface area contributed by atoms with E-state index in [0.29, 0.717) is 0 Å². The predicted molar refractivity (Wildman–Crippen MR) is 80.2 cm³/mol. The summed E-state index contributed by atoms with van der Waals surface area (Å²) in [5, 5.41) is 2.46. The van der Waals surface area contributed by atoms with E-state index in [1.807, 2.05) is 0 Å². The van der Waals surface area contributed by atoms with Crippen LogP contribution < -0.4 is 20.5 Å². The molecule has 0 aliphatic carbocycles. The Morgan fingerprint density at radius 1 is 1.25 bits per heavy atom. The lowest BCUT2D eigenvalue weighted by Crippen LogP contribution is -3.12. The minimum absolute atomic E-state index is 1.02. The number of hydrogen-bond donors (Lipinski definition) is 3. The van der Waals surface area contributed by atoms with Crippen LogP contribution in [0.3, 0.4) is 0 Å². The molecule has 0 aliphatic rings. The summed E-state index contributed by atoms with van der Waals surface area (Å²) in [7, 11) is 2.29. The second-order valence-electron chi connectivity index (χ2n) is 5.77. The van der Waals surface area contributed by atoms with Crippen molar-refractivity contribution in [2.45, 2.75) is 39.3 Å². The topological polar surface area (TPSA) is 57.5 Å². The van der Waals surface area contributed by atoms with Crippen molar-refractivity contribution in [1.29, 1.82) is 0 Å². The molecule has 1 atom stereocenters. The van der Waals surface area contributed by atoms with E-state index in [-0.39, 0.29) is 0 Å². The molecule has 1 heterocycles. The number of quaternary nitrogens is 3. The molecule has 1 aromatic heterocycles. The molecule has 20 heavy (non-hydrogen) atoms. The zero-order chi connectivity index (χ0) is 14.6. The molecular formula is C15H35N5+4. The number of likely N-dealkylation sites (N-methyl/N-ethyl adjacent to an activating group) is 1. The number of nitrogens with zero attached hydrogens (tertiary/aromatic N) is 2. The minimum atomic E-state index is 1.02. The van der Waals surface area contributed by atoms with Crippen molar-refractivity contribution in [1.82, 2.24) is 4.57 Å². The first-order chi connectivity index (χ1) is 9.76. The normalized spacial score (nSPS) is 12.8. The van der Waals surface area contributed by atoms with E-state index in [4.69, 9.17) is 0 Å². The van der Waals surface area contributed by atoms with Gasteiger partial charge in [0.2, 0.25) is 6.33 Å². The summed E-state index contributed by atoms with van der Waals surface area (Å²) in [4.78, 5) is 1.65. The van der Waals surface area contributed by atoms with Gasteiger partial charge in [0.05, 0.1) is 39.8 Å². The van der Waals surface area contributed by atoms with Crippen LogP contribution in [-0.4, -0.2) is 44.3 Å². The van der Waals surface area contributed by atoms with E-state index in [1.165, 1.54) is 39.0 Å². The molecule has 1 aromatic rings. The summed E-state index contributed by atoms with van der Waals surface area (Å²) in [5.41, 5.74) is 3.88.